The van der Waals surface area contributed by atoms with Gasteiger partial charge in [-0.3, -0.25) is 0 Å². The highest BCUT2D eigenvalue weighted by atomic mass is 15.2. The molecule has 0 amide bonds. The van der Waals surface area contributed by atoms with E-state index in [-0.39, 0.29) is 12.0 Å². The van der Waals surface area contributed by atoms with Crippen LogP contribution in [0.3, 0.4) is 0 Å². The zero-order valence-electron chi connectivity index (χ0n) is 38.5. The highest BCUT2D eigenvalue weighted by molar-refractivity contribution is 6.21. The number of aromatic nitrogens is 2. The van der Waals surface area contributed by atoms with Crippen LogP contribution in [0.1, 0.15) is 30.0 Å². The molecule has 328 valence electrons. The van der Waals surface area contributed by atoms with E-state index in [1.54, 1.807) is 0 Å². The van der Waals surface area contributed by atoms with Crippen molar-refractivity contribution < 1.29 is 0 Å². The van der Waals surface area contributed by atoms with Crippen LogP contribution in [0.15, 0.2) is 249 Å². The maximum atomic E-state index is 4.54. The van der Waals surface area contributed by atoms with Crippen LogP contribution < -0.4 is 4.90 Å². The van der Waals surface area contributed by atoms with Crippen molar-refractivity contribution in [2.75, 3.05) is 4.90 Å². The number of para-hydroxylation sites is 2. The van der Waals surface area contributed by atoms with E-state index in [1.807, 2.05) is 0 Å². The Morgan fingerprint density at radius 3 is 1.81 bits per heavy atom. The van der Waals surface area contributed by atoms with Crippen molar-refractivity contribution in [1.29, 1.82) is 0 Å². The molecular formula is C66H49N3. The van der Waals surface area contributed by atoms with Gasteiger partial charge < -0.3 is 14.0 Å². The number of benzene rings is 9. The SMILES string of the molecule is C=C1/C=C\C=C/C/C=C(/n2c3ccccc3c3c(N(c4cccc5c4c4ccccc4n5-c4cc5ccccc5c5ccccc45)C4C=CC(c5ccccc5)=CC4C)cccc32)c2ccccc21. The zero-order valence-corrected chi connectivity index (χ0v) is 38.5. The Morgan fingerprint density at radius 2 is 1.09 bits per heavy atom. The van der Waals surface area contributed by atoms with Crippen LogP contribution in [0.25, 0.3) is 87.7 Å². The van der Waals surface area contributed by atoms with Gasteiger partial charge in [0.1, 0.15) is 0 Å². The maximum absolute atomic E-state index is 4.54. The smallest absolute Gasteiger partial charge is 0.0586 e. The highest BCUT2D eigenvalue weighted by Crippen LogP contribution is 2.49. The fourth-order valence-corrected chi connectivity index (χ4v) is 11.5. The summed E-state index contributed by atoms with van der Waals surface area (Å²) in [5.41, 5.74) is 15.1. The minimum Gasteiger partial charge on any atom is -0.333 e. The maximum Gasteiger partial charge on any atom is 0.0586 e. The van der Waals surface area contributed by atoms with Crippen molar-refractivity contribution >= 4 is 93.4 Å². The molecule has 0 fully saturated rings. The van der Waals surface area contributed by atoms with Gasteiger partial charge >= 0.3 is 0 Å². The van der Waals surface area contributed by atoms with E-state index in [0.29, 0.717) is 0 Å². The molecule has 2 aliphatic rings. The monoisotopic (exact) mass is 883 g/mol. The van der Waals surface area contributed by atoms with Gasteiger partial charge in [0.15, 0.2) is 0 Å². The first-order valence-corrected chi connectivity index (χ1v) is 24.1. The Kier molecular flexibility index (Phi) is 9.76. The van der Waals surface area contributed by atoms with Gasteiger partial charge in [0.05, 0.1) is 50.9 Å². The first kappa shape index (κ1) is 40.6. The number of anilines is 2. The molecule has 11 aromatic rings. The molecule has 69 heavy (non-hydrogen) atoms. The van der Waals surface area contributed by atoms with Gasteiger partial charge in [0.2, 0.25) is 0 Å². The molecule has 13 rings (SSSR count). The summed E-state index contributed by atoms with van der Waals surface area (Å²) in [5, 5.41) is 9.86. The van der Waals surface area contributed by atoms with Crippen LogP contribution in [0.5, 0.6) is 0 Å². The lowest BCUT2D eigenvalue weighted by Crippen LogP contribution is -2.35. The Morgan fingerprint density at radius 1 is 0.507 bits per heavy atom. The van der Waals surface area contributed by atoms with Gasteiger partial charge in [-0.15, -0.1) is 0 Å². The molecule has 0 aliphatic heterocycles. The van der Waals surface area contributed by atoms with E-state index in [2.05, 4.69) is 270 Å². The Labute approximate surface area is 402 Å². The summed E-state index contributed by atoms with van der Waals surface area (Å²) in [6.45, 7) is 6.93. The van der Waals surface area contributed by atoms with Crippen molar-refractivity contribution in [3.8, 4) is 5.69 Å². The average Bonchev–Trinajstić information content (AvgIpc) is 3.92. The van der Waals surface area contributed by atoms with E-state index in [9.17, 15) is 0 Å². The second-order valence-electron chi connectivity index (χ2n) is 18.5. The van der Waals surface area contributed by atoms with Crippen LogP contribution >= 0.6 is 0 Å². The van der Waals surface area contributed by atoms with Gasteiger partial charge in [-0.25, -0.2) is 0 Å². The highest BCUT2D eigenvalue weighted by Gasteiger charge is 2.32. The van der Waals surface area contributed by atoms with Crippen LogP contribution in [0.2, 0.25) is 0 Å². The van der Waals surface area contributed by atoms with Crippen molar-refractivity contribution in [2.24, 2.45) is 5.92 Å². The van der Waals surface area contributed by atoms with Gasteiger partial charge in [0, 0.05) is 32.5 Å². The van der Waals surface area contributed by atoms with Crippen molar-refractivity contribution in [3.63, 3.8) is 0 Å². The summed E-state index contributed by atoms with van der Waals surface area (Å²) in [4.78, 5) is 2.67. The first-order chi connectivity index (χ1) is 34.1. The molecule has 0 bridgehead atoms. The topological polar surface area (TPSA) is 13.1 Å². The van der Waals surface area contributed by atoms with E-state index in [1.165, 1.54) is 87.8 Å². The zero-order chi connectivity index (χ0) is 46.0. The van der Waals surface area contributed by atoms with Crippen molar-refractivity contribution in [3.05, 3.63) is 266 Å². The number of allylic oxidation sites excluding steroid dienone is 8. The summed E-state index contributed by atoms with van der Waals surface area (Å²) >= 11 is 0. The molecule has 0 N–H and O–H groups in total. The van der Waals surface area contributed by atoms with E-state index >= 15 is 0 Å². The molecule has 0 saturated carbocycles. The predicted octanol–water partition coefficient (Wildman–Crippen LogP) is 17.4. The molecule has 2 aromatic heterocycles. The third-order valence-electron chi connectivity index (χ3n) is 14.5. The summed E-state index contributed by atoms with van der Waals surface area (Å²) < 4.78 is 5.02. The Bertz CT molecular complexity index is 4030. The molecule has 0 spiro atoms. The number of hydrogen-bond donors (Lipinski definition) is 0. The lowest BCUT2D eigenvalue weighted by atomic mass is 9.88. The normalized spacial score (nSPS) is 17.8. The fraction of sp³-hybridized carbons (Fsp3) is 0.0606. The van der Waals surface area contributed by atoms with Gasteiger partial charge in [-0.05, 0) is 93.2 Å². The van der Waals surface area contributed by atoms with Crippen LogP contribution in [-0.2, 0) is 0 Å². The minimum atomic E-state index is -0.0202. The van der Waals surface area contributed by atoms with Crippen molar-refractivity contribution in [2.45, 2.75) is 19.4 Å². The summed E-state index contributed by atoms with van der Waals surface area (Å²) in [6, 6.07) is 71.4. The van der Waals surface area contributed by atoms with E-state index in [4.69, 9.17) is 0 Å². The number of nitrogens with zero attached hydrogens (tertiary/aromatic N) is 3. The Hall–Kier alpha value is -8.66. The molecule has 0 saturated heterocycles. The average molecular weight is 884 g/mol. The number of fused-ring (bicyclic) bond motifs is 10. The molecule has 0 radical (unpaired) electrons. The van der Waals surface area contributed by atoms with Gasteiger partial charge in [-0.2, -0.15) is 0 Å². The van der Waals surface area contributed by atoms with Crippen LogP contribution in [0, 0.1) is 5.92 Å². The lowest BCUT2D eigenvalue weighted by molar-refractivity contribution is 0.613. The predicted molar refractivity (Wildman–Crippen MR) is 296 cm³/mol. The summed E-state index contributed by atoms with van der Waals surface area (Å²) in [7, 11) is 0. The molecule has 2 aliphatic carbocycles. The first-order valence-electron chi connectivity index (χ1n) is 24.1. The third kappa shape index (κ3) is 6.57. The van der Waals surface area contributed by atoms with Crippen LogP contribution in [0.4, 0.5) is 11.4 Å². The van der Waals surface area contributed by atoms with Gasteiger partial charge in [-0.1, -0.05) is 214 Å². The quantitative estimate of drug-likeness (QED) is 0.152. The molecule has 2 heterocycles. The Balaban J connectivity index is 1.11. The standard InChI is InChI=1S/C66H49N3/c1-44-22-6-3-4-9-33-57(52-29-14-12-26-49(44)52)68-58-34-18-16-31-54(58)65-60(36-20-38-62(65)68)67(56-41-40-47(42-45(56)2)46-23-7-5-8-24-46)61-37-21-39-63-66(61)55-32-17-19-35-59(55)69(63)64-43-48-25-10-11-27-50(48)51-28-13-15-30-53(51)64/h3-8,10-43,45,56H,1,9H2,2H3/b4-3-,22-6-,57-33+. The van der Waals surface area contributed by atoms with Gasteiger partial charge in [0.25, 0.3) is 0 Å². The van der Waals surface area contributed by atoms with E-state index < -0.39 is 0 Å². The summed E-state index contributed by atoms with van der Waals surface area (Å²) in [6.07, 6.45) is 19.0. The molecule has 3 heteroatoms. The minimum absolute atomic E-state index is 0.0202. The molecule has 9 aromatic carbocycles. The second kappa shape index (κ2) is 16.6. The number of rotatable bonds is 6. The van der Waals surface area contributed by atoms with E-state index in [0.717, 1.165) is 34.3 Å². The second-order valence-corrected chi connectivity index (χ2v) is 18.5. The fourth-order valence-electron chi connectivity index (χ4n) is 11.5. The van der Waals surface area contributed by atoms with Crippen molar-refractivity contribution in [1.82, 2.24) is 9.13 Å². The third-order valence-corrected chi connectivity index (χ3v) is 14.5. The van der Waals surface area contributed by atoms with Crippen LogP contribution in [-0.4, -0.2) is 15.2 Å². The lowest BCUT2D eigenvalue weighted by Gasteiger charge is -2.38. The molecule has 2 unspecified atom stereocenters. The number of hydrogen-bond acceptors (Lipinski definition) is 1. The molecule has 2 atom stereocenters. The summed E-state index contributed by atoms with van der Waals surface area (Å²) in [5.74, 6) is 0.153. The molecule has 3 nitrogen and oxygen atoms in total. The molecular weight excluding hydrogens is 835 g/mol. The largest absolute Gasteiger partial charge is 0.333 e.